The van der Waals surface area contributed by atoms with Crippen molar-refractivity contribution in [2.75, 3.05) is 6.61 Å². The van der Waals surface area contributed by atoms with Gasteiger partial charge in [-0.05, 0) is 6.92 Å². The lowest BCUT2D eigenvalue weighted by atomic mass is 10.4. The number of aryl methyl sites for hydroxylation is 1. The molecule has 0 saturated heterocycles. The molecule has 0 aliphatic rings. The highest BCUT2D eigenvalue weighted by molar-refractivity contribution is 5.35. The summed E-state index contributed by atoms with van der Waals surface area (Å²) in [6.07, 6.45) is 2.54. The van der Waals surface area contributed by atoms with Gasteiger partial charge in [-0.25, -0.2) is 4.68 Å². The van der Waals surface area contributed by atoms with E-state index in [1.807, 2.05) is 13.0 Å². The van der Waals surface area contributed by atoms with Crippen molar-refractivity contribution in [2.24, 2.45) is 7.05 Å². The van der Waals surface area contributed by atoms with Crippen LogP contribution in [-0.4, -0.2) is 16.4 Å². The van der Waals surface area contributed by atoms with Crippen molar-refractivity contribution < 1.29 is 4.74 Å². The van der Waals surface area contributed by atoms with Gasteiger partial charge >= 0.3 is 0 Å². The average molecular weight is 150 g/mol. The van der Waals surface area contributed by atoms with Gasteiger partial charge in [-0.1, -0.05) is 0 Å². The Labute approximate surface area is 65.0 Å². The van der Waals surface area contributed by atoms with Gasteiger partial charge in [0.25, 0.3) is 0 Å². The normalized spacial score (nSPS) is 9.18. The van der Waals surface area contributed by atoms with Crippen LogP contribution in [0.15, 0.2) is 0 Å². The van der Waals surface area contributed by atoms with Crippen LogP contribution >= 0.6 is 0 Å². The molecule has 57 valence electrons. The third-order valence-electron chi connectivity index (χ3n) is 1.21. The van der Waals surface area contributed by atoms with E-state index in [2.05, 4.69) is 11.3 Å². The number of nitrogens with zero attached hydrogens (tertiary/aromatic N) is 3. The molecule has 1 heterocycles. The van der Waals surface area contributed by atoms with E-state index >= 15 is 0 Å². The minimum Gasteiger partial charge on any atom is -0.477 e. The van der Waals surface area contributed by atoms with Crippen molar-refractivity contribution in [3.8, 4) is 11.9 Å². The van der Waals surface area contributed by atoms with Gasteiger partial charge in [0.05, 0.1) is 6.61 Å². The SMILES string of the molecule is CCOc1c(C#N)[c]nn1C. The van der Waals surface area contributed by atoms with Gasteiger partial charge < -0.3 is 4.74 Å². The minimum absolute atomic E-state index is 0.356. The second-order valence-corrected chi connectivity index (χ2v) is 1.96. The molecule has 0 aromatic carbocycles. The van der Waals surface area contributed by atoms with Gasteiger partial charge in [0, 0.05) is 7.05 Å². The molecule has 1 radical (unpaired) electrons. The van der Waals surface area contributed by atoms with E-state index < -0.39 is 0 Å². The van der Waals surface area contributed by atoms with Gasteiger partial charge in [-0.15, -0.1) is 0 Å². The van der Waals surface area contributed by atoms with Gasteiger partial charge in [-0.3, -0.25) is 0 Å². The number of hydrogen-bond donors (Lipinski definition) is 0. The number of aromatic nitrogens is 2. The maximum atomic E-state index is 8.54. The smallest absolute Gasteiger partial charge is 0.230 e. The van der Waals surface area contributed by atoms with E-state index in [1.54, 1.807) is 7.05 Å². The zero-order valence-electron chi connectivity index (χ0n) is 6.46. The largest absolute Gasteiger partial charge is 0.477 e. The summed E-state index contributed by atoms with van der Waals surface area (Å²) in [7, 11) is 1.71. The molecule has 0 aliphatic carbocycles. The maximum Gasteiger partial charge on any atom is 0.230 e. The average Bonchev–Trinajstić information content (AvgIpc) is 2.34. The van der Waals surface area contributed by atoms with Gasteiger partial charge in [0.15, 0.2) is 0 Å². The molecule has 4 nitrogen and oxygen atoms in total. The Morgan fingerprint density at radius 3 is 3.09 bits per heavy atom. The number of nitriles is 1. The van der Waals surface area contributed by atoms with Crippen molar-refractivity contribution in [1.29, 1.82) is 5.26 Å². The standard InChI is InChI=1S/C7H8N3O/c1-3-11-7-6(4-8)5-9-10(7)2/h3H2,1-2H3. The molecule has 0 saturated carbocycles. The van der Waals surface area contributed by atoms with E-state index in [0.717, 1.165) is 0 Å². The van der Waals surface area contributed by atoms with Crippen molar-refractivity contribution in [2.45, 2.75) is 6.92 Å². The molecule has 0 fully saturated rings. The first kappa shape index (κ1) is 7.61. The summed E-state index contributed by atoms with van der Waals surface area (Å²) in [5, 5.41) is 12.3. The molecule has 0 atom stereocenters. The molecule has 1 aromatic rings. The van der Waals surface area contributed by atoms with Crippen LogP contribution in [0.25, 0.3) is 0 Å². The fourth-order valence-corrected chi connectivity index (χ4v) is 0.755. The van der Waals surface area contributed by atoms with E-state index in [9.17, 15) is 0 Å². The number of rotatable bonds is 2. The Morgan fingerprint density at radius 1 is 1.82 bits per heavy atom. The second-order valence-electron chi connectivity index (χ2n) is 1.96. The zero-order chi connectivity index (χ0) is 8.27. The fraction of sp³-hybridized carbons (Fsp3) is 0.429. The second kappa shape index (κ2) is 3.06. The lowest BCUT2D eigenvalue weighted by Crippen LogP contribution is -2.00. The van der Waals surface area contributed by atoms with Crippen LogP contribution in [0.4, 0.5) is 0 Å². The summed E-state index contributed by atoms with van der Waals surface area (Å²) in [4.78, 5) is 0. The van der Waals surface area contributed by atoms with Crippen LogP contribution in [0.2, 0.25) is 0 Å². The number of hydrogen-bond acceptors (Lipinski definition) is 3. The summed E-state index contributed by atoms with van der Waals surface area (Å²) < 4.78 is 6.63. The summed E-state index contributed by atoms with van der Waals surface area (Å²) in [5.74, 6) is 0.481. The number of ether oxygens (including phenoxy) is 1. The highest BCUT2D eigenvalue weighted by atomic mass is 16.5. The molecule has 0 aliphatic heterocycles. The van der Waals surface area contributed by atoms with Crippen molar-refractivity contribution >= 4 is 0 Å². The highest BCUT2D eigenvalue weighted by Crippen LogP contribution is 2.14. The molecular formula is C7H8N3O. The molecule has 4 heteroatoms. The Balaban J connectivity index is 3.00. The molecule has 11 heavy (non-hydrogen) atoms. The van der Waals surface area contributed by atoms with Crippen LogP contribution in [-0.2, 0) is 7.05 Å². The van der Waals surface area contributed by atoms with Crippen molar-refractivity contribution in [1.82, 2.24) is 9.78 Å². The van der Waals surface area contributed by atoms with Crippen molar-refractivity contribution in [3.05, 3.63) is 11.8 Å². The molecular weight excluding hydrogens is 142 g/mol. The molecule has 0 spiro atoms. The summed E-state index contributed by atoms with van der Waals surface area (Å²) in [6.45, 7) is 2.39. The minimum atomic E-state index is 0.356. The fourth-order valence-electron chi connectivity index (χ4n) is 0.755. The summed E-state index contributed by atoms with van der Waals surface area (Å²) in [6, 6.07) is 1.94. The Kier molecular flexibility index (Phi) is 2.12. The van der Waals surface area contributed by atoms with Crippen LogP contribution in [0.3, 0.4) is 0 Å². The monoisotopic (exact) mass is 150 g/mol. The molecule has 0 N–H and O–H groups in total. The van der Waals surface area contributed by atoms with E-state index in [-0.39, 0.29) is 0 Å². The molecule has 1 aromatic heterocycles. The predicted molar refractivity (Wildman–Crippen MR) is 37.9 cm³/mol. The first-order chi connectivity index (χ1) is 5.29. The molecule has 1 rings (SSSR count). The van der Waals surface area contributed by atoms with E-state index in [0.29, 0.717) is 18.1 Å². The van der Waals surface area contributed by atoms with E-state index in [1.165, 1.54) is 4.68 Å². The Bertz CT molecular complexity index is 284. The maximum absolute atomic E-state index is 8.54. The summed E-state index contributed by atoms with van der Waals surface area (Å²) >= 11 is 0. The molecule has 0 unspecified atom stereocenters. The first-order valence-electron chi connectivity index (χ1n) is 3.27. The quantitative estimate of drug-likeness (QED) is 0.616. The third-order valence-corrected chi connectivity index (χ3v) is 1.21. The zero-order valence-corrected chi connectivity index (χ0v) is 6.46. The van der Waals surface area contributed by atoms with Gasteiger partial charge in [-0.2, -0.15) is 10.4 Å². The van der Waals surface area contributed by atoms with Gasteiger partial charge in [0.1, 0.15) is 17.8 Å². The molecule has 0 bridgehead atoms. The van der Waals surface area contributed by atoms with Crippen LogP contribution < -0.4 is 4.74 Å². The predicted octanol–water partition coefficient (Wildman–Crippen LogP) is 0.491. The topological polar surface area (TPSA) is 50.8 Å². The summed E-state index contributed by atoms with van der Waals surface area (Å²) in [5.41, 5.74) is 0.356. The highest BCUT2D eigenvalue weighted by Gasteiger charge is 2.07. The van der Waals surface area contributed by atoms with Gasteiger partial charge in [0.2, 0.25) is 5.88 Å². The Hall–Kier alpha value is -1.50. The van der Waals surface area contributed by atoms with Crippen LogP contribution in [0.5, 0.6) is 5.88 Å². The first-order valence-corrected chi connectivity index (χ1v) is 3.27. The molecule has 0 amide bonds. The van der Waals surface area contributed by atoms with Crippen molar-refractivity contribution in [3.63, 3.8) is 0 Å². The van der Waals surface area contributed by atoms with Crippen LogP contribution in [0, 0.1) is 17.5 Å². The lowest BCUT2D eigenvalue weighted by molar-refractivity contribution is 0.308. The van der Waals surface area contributed by atoms with E-state index in [4.69, 9.17) is 10.00 Å². The van der Waals surface area contributed by atoms with Crippen LogP contribution in [0.1, 0.15) is 12.5 Å². The lowest BCUT2D eigenvalue weighted by Gasteiger charge is -2.01. The third kappa shape index (κ3) is 1.32. The Morgan fingerprint density at radius 2 is 2.55 bits per heavy atom.